The quantitative estimate of drug-likeness (QED) is 0.875. The van der Waals surface area contributed by atoms with Gasteiger partial charge in [-0.05, 0) is 18.6 Å². The number of halogens is 1. The number of nitrogens with one attached hydrogen (secondary N) is 1. The maximum atomic E-state index is 12.2. The number of sulfone groups is 1. The van der Waals surface area contributed by atoms with E-state index in [1.54, 1.807) is 6.07 Å². The Hall–Kier alpha value is -1.47. The second-order valence-electron chi connectivity index (χ2n) is 5.06. The minimum atomic E-state index is -3.03. The van der Waals surface area contributed by atoms with Crippen LogP contribution < -0.4 is 14.8 Å². The number of hydrogen-bond donors (Lipinski definition) is 1. The molecule has 0 bridgehead atoms. The molecule has 21 heavy (non-hydrogen) atoms. The molecule has 2 heterocycles. The first kappa shape index (κ1) is 14.5. The van der Waals surface area contributed by atoms with Gasteiger partial charge < -0.3 is 14.8 Å². The average Bonchev–Trinajstić information content (AvgIpc) is 2.78. The van der Waals surface area contributed by atoms with Crippen LogP contribution in [-0.4, -0.2) is 45.1 Å². The molecule has 1 atom stereocenters. The summed E-state index contributed by atoms with van der Waals surface area (Å²) in [5.41, 5.74) is 0.327. The number of benzene rings is 1. The third-order valence-corrected chi connectivity index (χ3v) is 5.48. The third-order valence-electron chi connectivity index (χ3n) is 3.43. The summed E-state index contributed by atoms with van der Waals surface area (Å²) < 4.78 is 33.6. The van der Waals surface area contributed by atoms with Crippen molar-refractivity contribution in [2.45, 2.75) is 12.5 Å². The highest BCUT2D eigenvalue weighted by atomic mass is 35.5. The van der Waals surface area contributed by atoms with Gasteiger partial charge in [-0.2, -0.15) is 0 Å². The van der Waals surface area contributed by atoms with Crippen LogP contribution in [0.4, 0.5) is 0 Å². The fourth-order valence-electron chi connectivity index (χ4n) is 2.42. The van der Waals surface area contributed by atoms with E-state index in [9.17, 15) is 13.2 Å². The normalized spacial score (nSPS) is 22.8. The van der Waals surface area contributed by atoms with Crippen molar-refractivity contribution in [2.24, 2.45) is 0 Å². The monoisotopic (exact) mass is 331 g/mol. The van der Waals surface area contributed by atoms with Gasteiger partial charge >= 0.3 is 0 Å². The number of rotatable bonds is 2. The Kier molecular flexibility index (Phi) is 3.71. The highest BCUT2D eigenvalue weighted by Gasteiger charge is 2.29. The average molecular weight is 332 g/mol. The van der Waals surface area contributed by atoms with E-state index in [2.05, 4.69) is 5.32 Å². The van der Waals surface area contributed by atoms with Gasteiger partial charge in [-0.3, -0.25) is 4.79 Å². The molecule has 0 aromatic heterocycles. The molecular formula is C13H14ClNO5S. The van der Waals surface area contributed by atoms with Gasteiger partial charge in [0.1, 0.15) is 13.2 Å². The van der Waals surface area contributed by atoms with Gasteiger partial charge in [0.2, 0.25) is 0 Å². The van der Waals surface area contributed by atoms with Crippen LogP contribution in [0.15, 0.2) is 12.1 Å². The van der Waals surface area contributed by atoms with E-state index < -0.39 is 9.84 Å². The predicted octanol–water partition coefficient (Wildman–Crippen LogP) is 1.03. The Morgan fingerprint density at radius 2 is 2.05 bits per heavy atom. The van der Waals surface area contributed by atoms with Crippen LogP contribution >= 0.6 is 11.6 Å². The standard InChI is InChI=1S/C13H14ClNO5S/c14-10-5-8(6-11-12(10)20-3-2-19-11)13(16)15-9-1-4-21(17,18)7-9/h5-6,9H,1-4,7H2,(H,15,16)/t9-/m1/s1. The lowest BCUT2D eigenvalue weighted by Crippen LogP contribution is -2.35. The summed E-state index contributed by atoms with van der Waals surface area (Å²) in [7, 11) is -3.03. The van der Waals surface area contributed by atoms with Crippen molar-refractivity contribution in [2.75, 3.05) is 24.7 Å². The Morgan fingerprint density at radius 1 is 1.29 bits per heavy atom. The minimum Gasteiger partial charge on any atom is -0.486 e. The smallest absolute Gasteiger partial charge is 0.251 e. The van der Waals surface area contributed by atoms with Crippen molar-refractivity contribution in [1.82, 2.24) is 5.32 Å². The molecule has 0 unspecified atom stereocenters. The molecule has 0 aliphatic carbocycles. The van der Waals surface area contributed by atoms with Crippen molar-refractivity contribution in [1.29, 1.82) is 0 Å². The van der Waals surface area contributed by atoms with Gasteiger partial charge in [-0.1, -0.05) is 11.6 Å². The topological polar surface area (TPSA) is 81.7 Å². The fraction of sp³-hybridized carbons (Fsp3) is 0.462. The zero-order valence-corrected chi connectivity index (χ0v) is 12.7. The molecule has 1 N–H and O–H groups in total. The summed E-state index contributed by atoms with van der Waals surface area (Å²) in [6, 6.07) is 2.70. The number of fused-ring (bicyclic) bond motifs is 1. The SMILES string of the molecule is O=C(N[C@@H]1CCS(=O)(=O)C1)c1cc(Cl)c2c(c1)OCCO2. The van der Waals surface area contributed by atoms with Crippen molar-refractivity contribution in [3.63, 3.8) is 0 Å². The maximum absolute atomic E-state index is 12.2. The molecule has 1 aromatic carbocycles. The first-order valence-electron chi connectivity index (χ1n) is 6.55. The summed E-state index contributed by atoms with van der Waals surface area (Å²) in [6.45, 7) is 0.813. The van der Waals surface area contributed by atoms with Gasteiger partial charge in [0.15, 0.2) is 21.3 Å². The molecule has 0 saturated carbocycles. The van der Waals surface area contributed by atoms with Crippen molar-refractivity contribution < 1.29 is 22.7 Å². The van der Waals surface area contributed by atoms with Crippen LogP contribution in [0.2, 0.25) is 5.02 Å². The van der Waals surface area contributed by atoms with E-state index in [1.807, 2.05) is 0 Å². The Bertz CT molecular complexity index is 688. The van der Waals surface area contributed by atoms with Crippen LogP contribution in [0.3, 0.4) is 0 Å². The van der Waals surface area contributed by atoms with Gasteiger partial charge in [0, 0.05) is 11.6 Å². The van der Waals surface area contributed by atoms with E-state index in [0.29, 0.717) is 41.7 Å². The summed E-state index contributed by atoms with van der Waals surface area (Å²) in [5, 5.41) is 3.01. The largest absolute Gasteiger partial charge is 0.486 e. The molecule has 8 heteroatoms. The first-order chi connectivity index (χ1) is 9.94. The van der Waals surface area contributed by atoms with Crippen LogP contribution in [0.5, 0.6) is 11.5 Å². The summed E-state index contributed by atoms with van der Waals surface area (Å²) in [4.78, 5) is 12.2. The first-order valence-corrected chi connectivity index (χ1v) is 8.75. The molecule has 3 rings (SSSR count). The molecule has 1 fully saturated rings. The van der Waals surface area contributed by atoms with Crippen LogP contribution in [0.25, 0.3) is 0 Å². The number of carbonyl (C=O) groups is 1. The molecule has 2 aliphatic heterocycles. The van der Waals surface area contributed by atoms with Crippen molar-refractivity contribution >= 4 is 27.3 Å². The molecule has 114 valence electrons. The molecule has 0 spiro atoms. The number of amides is 1. The third kappa shape index (κ3) is 3.08. The molecule has 2 aliphatic rings. The molecule has 1 saturated heterocycles. The van der Waals surface area contributed by atoms with E-state index >= 15 is 0 Å². The summed E-state index contributed by atoms with van der Waals surface area (Å²) >= 11 is 6.07. The van der Waals surface area contributed by atoms with E-state index in [4.69, 9.17) is 21.1 Å². The molecule has 1 amide bonds. The van der Waals surface area contributed by atoms with Crippen LogP contribution in [0.1, 0.15) is 16.8 Å². The minimum absolute atomic E-state index is 0.0168. The molecule has 1 aromatic rings. The number of carbonyl (C=O) groups excluding carboxylic acids is 1. The van der Waals surface area contributed by atoms with Crippen molar-refractivity contribution in [3.05, 3.63) is 22.7 Å². The number of hydrogen-bond acceptors (Lipinski definition) is 5. The molecular weight excluding hydrogens is 318 g/mol. The molecule has 6 nitrogen and oxygen atoms in total. The van der Waals surface area contributed by atoms with Gasteiger partial charge in [-0.25, -0.2) is 8.42 Å². The van der Waals surface area contributed by atoms with Gasteiger partial charge in [-0.15, -0.1) is 0 Å². The van der Waals surface area contributed by atoms with Gasteiger partial charge in [0.25, 0.3) is 5.91 Å². The maximum Gasteiger partial charge on any atom is 0.251 e. The lowest BCUT2D eigenvalue weighted by Gasteiger charge is -2.20. The highest BCUT2D eigenvalue weighted by molar-refractivity contribution is 7.91. The Labute approximate surface area is 127 Å². The number of ether oxygens (including phenoxy) is 2. The summed E-state index contributed by atoms with van der Waals surface area (Å²) in [6.07, 6.45) is 0.437. The van der Waals surface area contributed by atoms with E-state index in [-0.39, 0.29) is 23.5 Å². The second kappa shape index (κ2) is 5.38. The lowest BCUT2D eigenvalue weighted by atomic mass is 10.1. The van der Waals surface area contributed by atoms with E-state index in [0.717, 1.165) is 0 Å². The fourth-order valence-corrected chi connectivity index (χ4v) is 4.36. The molecule has 0 radical (unpaired) electrons. The zero-order valence-electron chi connectivity index (χ0n) is 11.1. The Morgan fingerprint density at radius 3 is 2.76 bits per heavy atom. The Balaban J connectivity index is 1.77. The predicted molar refractivity (Wildman–Crippen MR) is 77.0 cm³/mol. The van der Waals surface area contributed by atoms with Crippen LogP contribution in [0, 0.1) is 0 Å². The van der Waals surface area contributed by atoms with Crippen molar-refractivity contribution in [3.8, 4) is 11.5 Å². The highest BCUT2D eigenvalue weighted by Crippen LogP contribution is 2.38. The second-order valence-corrected chi connectivity index (χ2v) is 7.69. The zero-order chi connectivity index (χ0) is 15.0. The van der Waals surface area contributed by atoms with E-state index in [1.165, 1.54) is 6.07 Å². The van der Waals surface area contributed by atoms with Crippen LogP contribution in [-0.2, 0) is 9.84 Å². The summed E-state index contributed by atoms with van der Waals surface area (Å²) in [5.74, 6) is 0.591. The van der Waals surface area contributed by atoms with Gasteiger partial charge in [0.05, 0.1) is 16.5 Å². The lowest BCUT2D eigenvalue weighted by molar-refractivity contribution is 0.0940.